The van der Waals surface area contributed by atoms with E-state index < -0.39 is 12.1 Å². The predicted octanol–water partition coefficient (Wildman–Crippen LogP) is 3.13. The molecule has 0 N–H and O–H groups in total. The van der Waals surface area contributed by atoms with Gasteiger partial charge < -0.3 is 28.4 Å². The molecule has 7 heteroatoms. The molecule has 3 aliphatic heterocycles. The minimum absolute atomic E-state index is 0.241. The quantitative estimate of drug-likeness (QED) is 0.726. The third-order valence-electron chi connectivity index (χ3n) is 4.23. The lowest BCUT2D eigenvalue weighted by atomic mass is 10.1. The monoisotopic (exact) mass is 398 g/mol. The number of halogens is 1. The molecular weight excluding hydrogens is 380 g/mol. The average Bonchev–Trinajstić information content (AvgIpc) is 3.16. The van der Waals surface area contributed by atoms with E-state index in [4.69, 9.17) is 28.4 Å². The fourth-order valence-electron chi connectivity index (χ4n) is 3.14. The van der Waals surface area contributed by atoms with E-state index in [9.17, 15) is 0 Å². The Bertz CT molecular complexity index is 661. The molecule has 0 unspecified atom stereocenters. The van der Waals surface area contributed by atoms with Gasteiger partial charge in [-0.05, 0) is 31.5 Å². The average molecular weight is 399 g/mol. The van der Waals surface area contributed by atoms with Crippen LogP contribution in [0.3, 0.4) is 0 Å². The van der Waals surface area contributed by atoms with Crippen LogP contribution in [-0.2, 0) is 25.6 Å². The second-order valence-electron chi connectivity index (χ2n) is 6.38. The van der Waals surface area contributed by atoms with E-state index in [1.54, 1.807) is 6.08 Å². The van der Waals surface area contributed by atoms with E-state index in [1.165, 1.54) is 0 Å². The lowest BCUT2D eigenvalue weighted by Crippen LogP contribution is -2.36. The third kappa shape index (κ3) is 2.84. The van der Waals surface area contributed by atoms with Gasteiger partial charge in [0, 0.05) is 4.47 Å². The highest BCUT2D eigenvalue weighted by Gasteiger charge is 2.54. The van der Waals surface area contributed by atoms with Crippen molar-refractivity contribution in [3.05, 3.63) is 34.8 Å². The van der Waals surface area contributed by atoms with Gasteiger partial charge in [0.25, 0.3) is 0 Å². The molecule has 2 fully saturated rings. The molecule has 1 aromatic carbocycles. The van der Waals surface area contributed by atoms with Crippen LogP contribution in [0, 0.1) is 0 Å². The van der Waals surface area contributed by atoms with E-state index in [1.807, 2.05) is 26.0 Å². The summed E-state index contributed by atoms with van der Waals surface area (Å²) in [4.78, 5) is 0. The van der Waals surface area contributed by atoms with Crippen molar-refractivity contribution in [1.29, 1.82) is 0 Å². The molecule has 0 spiro atoms. The Labute approximate surface area is 148 Å². The van der Waals surface area contributed by atoms with E-state index >= 15 is 0 Å². The molecule has 0 bridgehead atoms. The molecule has 4 atom stereocenters. The standard InChI is InChI=1S/C17H19BrO6/c1-4-11-14(15-16(22-11)24-17(2,3)23-15)19-7-9-5-12-13(6-10(9)18)21-8-20-12/h4-6,11,14-16H,1,7-8H2,2-3H3/t11-,14+,15-,16-/m1/s1. The maximum Gasteiger partial charge on any atom is 0.231 e. The third-order valence-corrected chi connectivity index (χ3v) is 4.97. The zero-order valence-corrected chi connectivity index (χ0v) is 15.1. The Hall–Kier alpha value is -1.12. The van der Waals surface area contributed by atoms with Crippen molar-refractivity contribution in [3.8, 4) is 11.5 Å². The summed E-state index contributed by atoms with van der Waals surface area (Å²) in [5.41, 5.74) is 0.962. The minimum Gasteiger partial charge on any atom is -0.454 e. The van der Waals surface area contributed by atoms with Crippen LogP contribution in [0.5, 0.6) is 11.5 Å². The van der Waals surface area contributed by atoms with Crippen molar-refractivity contribution in [1.82, 2.24) is 0 Å². The topological polar surface area (TPSA) is 55.4 Å². The largest absolute Gasteiger partial charge is 0.454 e. The zero-order chi connectivity index (χ0) is 16.9. The summed E-state index contributed by atoms with van der Waals surface area (Å²) in [6, 6.07) is 3.80. The highest BCUT2D eigenvalue weighted by Crippen LogP contribution is 2.41. The molecule has 0 aliphatic carbocycles. The van der Waals surface area contributed by atoms with Gasteiger partial charge in [0.15, 0.2) is 23.6 Å². The molecule has 130 valence electrons. The lowest BCUT2D eigenvalue weighted by Gasteiger charge is -2.24. The Morgan fingerprint density at radius 3 is 2.79 bits per heavy atom. The van der Waals surface area contributed by atoms with Crippen molar-refractivity contribution in [2.45, 2.75) is 50.8 Å². The van der Waals surface area contributed by atoms with Crippen LogP contribution < -0.4 is 9.47 Å². The molecule has 4 rings (SSSR count). The number of benzene rings is 1. The molecule has 3 aliphatic rings. The lowest BCUT2D eigenvalue weighted by molar-refractivity contribution is -0.213. The summed E-state index contributed by atoms with van der Waals surface area (Å²) in [6.45, 7) is 8.16. The van der Waals surface area contributed by atoms with E-state index in [0.29, 0.717) is 6.61 Å². The van der Waals surface area contributed by atoms with E-state index in [-0.39, 0.29) is 25.1 Å². The number of rotatable bonds is 4. The van der Waals surface area contributed by atoms with Crippen LogP contribution >= 0.6 is 15.9 Å². The molecule has 3 heterocycles. The molecule has 0 aromatic heterocycles. The van der Waals surface area contributed by atoms with Gasteiger partial charge in [-0.15, -0.1) is 6.58 Å². The molecule has 24 heavy (non-hydrogen) atoms. The van der Waals surface area contributed by atoms with E-state index in [0.717, 1.165) is 21.5 Å². The number of hydrogen-bond donors (Lipinski definition) is 0. The fraction of sp³-hybridized carbons (Fsp3) is 0.529. The molecular formula is C17H19BrO6. The first-order valence-corrected chi connectivity index (χ1v) is 8.59. The van der Waals surface area contributed by atoms with Crippen LogP contribution in [0.2, 0.25) is 0 Å². The highest BCUT2D eigenvalue weighted by atomic mass is 79.9. The van der Waals surface area contributed by atoms with Gasteiger partial charge in [0.1, 0.15) is 18.3 Å². The summed E-state index contributed by atoms with van der Waals surface area (Å²) in [5, 5.41) is 0. The summed E-state index contributed by atoms with van der Waals surface area (Å²) < 4.78 is 35.3. The Morgan fingerprint density at radius 1 is 1.29 bits per heavy atom. The zero-order valence-electron chi connectivity index (χ0n) is 13.5. The first kappa shape index (κ1) is 16.4. The van der Waals surface area contributed by atoms with Gasteiger partial charge >= 0.3 is 0 Å². The summed E-state index contributed by atoms with van der Waals surface area (Å²) in [6.07, 6.45) is 0.441. The molecule has 2 saturated heterocycles. The van der Waals surface area contributed by atoms with Crippen molar-refractivity contribution in [3.63, 3.8) is 0 Å². The van der Waals surface area contributed by atoms with Gasteiger partial charge in [-0.3, -0.25) is 0 Å². The van der Waals surface area contributed by atoms with Crippen LogP contribution in [0.4, 0.5) is 0 Å². The molecule has 6 nitrogen and oxygen atoms in total. The minimum atomic E-state index is -0.678. The summed E-state index contributed by atoms with van der Waals surface area (Å²) in [7, 11) is 0. The first-order chi connectivity index (χ1) is 11.5. The van der Waals surface area contributed by atoms with Crippen LogP contribution in [-0.4, -0.2) is 37.2 Å². The molecule has 1 aromatic rings. The second-order valence-corrected chi connectivity index (χ2v) is 7.23. The maximum atomic E-state index is 6.11. The molecule has 0 amide bonds. The van der Waals surface area contributed by atoms with Gasteiger partial charge in [-0.2, -0.15) is 0 Å². The number of ether oxygens (including phenoxy) is 6. The Morgan fingerprint density at radius 2 is 2.04 bits per heavy atom. The maximum absolute atomic E-state index is 6.11. The summed E-state index contributed by atoms with van der Waals surface area (Å²) in [5.74, 6) is 0.773. The van der Waals surface area contributed by atoms with Gasteiger partial charge in [0.2, 0.25) is 6.79 Å². The van der Waals surface area contributed by atoms with Crippen molar-refractivity contribution >= 4 is 15.9 Å². The molecule has 0 saturated carbocycles. The smallest absolute Gasteiger partial charge is 0.231 e. The van der Waals surface area contributed by atoms with Crippen molar-refractivity contribution < 1.29 is 28.4 Å². The normalized spacial score (nSPS) is 32.8. The van der Waals surface area contributed by atoms with E-state index in [2.05, 4.69) is 22.5 Å². The van der Waals surface area contributed by atoms with Gasteiger partial charge in [-0.25, -0.2) is 0 Å². The molecule has 0 radical (unpaired) electrons. The van der Waals surface area contributed by atoms with Gasteiger partial charge in [0.05, 0.1) is 6.61 Å². The predicted molar refractivity (Wildman–Crippen MR) is 87.7 cm³/mol. The Balaban J connectivity index is 1.49. The SMILES string of the molecule is C=C[C@H]1O[C@@H]2OC(C)(C)O[C@@H]2[C@H]1OCc1cc2c(cc1Br)OCO2. The van der Waals surface area contributed by atoms with Crippen LogP contribution in [0.1, 0.15) is 19.4 Å². The van der Waals surface area contributed by atoms with Crippen LogP contribution in [0.15, 0.2) is 29.3 Å². The highest BCUT2D eigenvalue weighted by molar-refractivity contribution is 9.10. The fourth-order valence-corrected chi connectivity index (χ4v) is 3.58. The number of hydrogen-bond acceptors (Lipinski definition) is 6. The van der Waals surface area contributed by atoms with Crippen molar-refractivity contribution in [2.75, 3.05) is 6.79 Å². The number of fused-ring (bicyclic) bond motifs is 2. The second kappa shape index (κ2) is 6.00. The van der Waals surface area contributed by atoms with Crippen LogP contribution in [0.25, 0.3) is 0 Å². The summed E-state index contributed by atoms with van der Waals surface area (Å²) >= 11 is 3.54. The van der Waals surface area contributed by atoms with Crippen molar-refractivity contribution in [2.24, 2.45) is 0 Å². The van der Waals surface area contributed by atoms with Gasteiger partial charge in [-0.1, -0.05) is 22.0 Å². The Kier molecular flexibility index (Phi) is 4.09. The first-order valence-electron chi connectivity index (χ1n) is 7.80.